The van der Waals surface area contributed by atoms with Gasteiger partial charge in [-0.1, -0.05) is 41.6 Å². The Labute approximate surface area is 200 Å². The van der Waals surface area contributed by atoms with Crippen LogP contribution in [-0.4, -0.2) is 35.9 Å². The van der Waals surface area contributed by atoms with Gasteiger partial charge in [-0.3, -0.25) is 4.79 Å². The number of esters is 1. The second-order valence-electron chi connectivity index (χ2n) is 7.20. The number of hydrogen-bond acceptors (Lipinski definition) is 8. The van der Waals surface area contributed by atoms with E-state index in [2.05, 4.69) is 15.5 Å². The molecule has 1 heterocycles. The van der Waals surface area contributed by atoms with E-state index in [-0.39, 0.29) is 17.4 Å². The summed E-state index contributed by atoms with van der Waals surface area (Å²) >= 11 is 1.18. The third-order valence-electron chi connectivity index (χ3n) is 4.68. The summed E-state index contributed by atoms with van der Waals surface area (Å²) in [7, 11) is 1.49. The fraction of sp³-hybridized carbons (Fsp3) is 0.120. The van der Waals surface area contributed by atoms with E-state index in [0.29, 0.717) is 27.7 Å². The fourth-order valence-electron chi connectivity index (χ4n) is 2.95. The third-order valence-corrected chi connectivity index (χ3v) is 5.51. The summed E-state index contributed by atoms with van der Waals surface area (Å²) in [5, 5.41) is 4.38. The van der Waals surface area contributed by atoms with Gasteiger partial charge in [0.1, 0.15) is 5.52 Å². The summed E-state index contributed by atoms with van der Waals surface area (Å²) in [6.07, 6.45) is 1.45. The Morgan fingerprint density at radius 2 is 1.88 bits per heavy atom. The van der Waals surface area contributed by atoms with Crippen LogP contribution in [0.2, 0.25) is 0 Å². The first-order valence-electron chi connectivity index (χ1n) is 10.3. The summed E-state index contributed by atoms with van der Waals surface area (Å²) < 4.78 is 16.4. The molecule has 0 radical (unpaired) electrons. The van der Waals surface area contributed by atoms with Crippen LogP contribution in [0, 0.1) is 6.92 Å². The van der Waals surface area contributed by atoms with Crippen LogP contribution in [0.3, 0.4) is 0 Å². The first-order valence-corrected chi connectivity index (χ1v) is 11.3. The van der Waals surface area contributed by atoms with E-state index in [9.17, 15) is 9.59 Å². The maximum Gasteiger partial charge on any atom is 0.343 e. The summed E-state index contributed by atoms with van der Waals surface area (Å²) in [4.78, 5) is 28.9. The molecule has 34 heavy (non-hydrogen) atoms. The largest absolute Gasteiger partial charge is 0.493 e. The molecule has 1 aromatic heterocycles. The standard InChI is InChI=1S/C25H21N3O5S/c1-16-7-10-18(11-8-16)24(30)32-22-13-17(9-12-21(22)31-2)14-26-28-23(29)15-34-25-27-19-5-3-4-6-20(19)33-25/h3-14H,15H2,1-2H3,(H,28,29)/b26-14-. The predicted molar refractivity (Wildman–Crippen MR) is 130 cm³/mol. The molecule has 0 bridgehead atoms. The van der Waals surface area contributed by atoms with E-state index in [1.165, 1.54) is 25.1 Å². The molecule has 0 unspecified atom stereocenters. The van der Waals surface area contributed by atoms with Gasteiger partial charge in [0.05, 0.1) is 24.6 Å². The van der Waals surface area contributed by atoms with Crippen molar-refractivity contribution in [3.8, 4) is 11.5 Å². The lowest BCUT2D eigenvalue weighted by atomic mass is 10.1. The maximum atomic E-state index is 12.5. The number of benzene rings is 3. The van der Waals surface area contributed by atoms with Gasteiger partial charge in [-0.15, -0.1) is 0 Å². The number of ether oxygens (including phenoxy) is 2. The summed E-state index contributed by atoms with van der Waals surface area (Å²) in [6.45, 7) is 1.94. The predicted octanol–water partition coefficient (Wildman–Crippen LogP) is 4.61. The van der Waals surface area contributed by atoms with Crippen LogP contribution in [0.1, 0.15) is 21.5 Å². The molecule has 4 aromatic rings. The molecule has 9 heteroatoms. The lowest BCUT2D eigenvalue weighted by molar-refractivity contribution is -0.118. The molecule has 0 fully saturated rings. The van der Waals surface area contributed by atoms with Gasteiger partial charge in [-0.2, -0.15) is 5.10 Å². The van der Waals surface area contributed by atoms with Crippen molar-refractivity contribution in [1.82, 2.24) is 10.4 Å². The Balaban J connectivity index is 1.35. The number of hydrazone groups is 1. The van der Waals surface area contributed by atoms with Gasteiger partial charge in [0.2, 0.25) is 0 Å². The normalized spacial score (nSPS) is 11.0. The van der Waals surface area contributed by atoms with Crippen molar-refractivity contribution in [2.45, 2.75) is 12.1 Å². The summed E-state index contributed by atoms with van der Waals surface area (Å²) in [5.41, 5.74) is 5.94. The minimum Gasteiger partial charge on any atom is -0.493 e. The molecular formula is C25H21N3O5S. The monoisotopic (exact) mass is 475 g/mol. The minimum atomic E-state index is -0.503. The number of para-hydroxylation sites is 2. The summed E-state index contributed by atoms with van der Waals surface area (Å²) in [6, 6.07) is 19.4. The summed E-state index contributed by atoms with van der Waals surface area (Å²) in [5.74, 6) is -0.0853. The quantitative estimate of drug-likeness (QED) is 0.131. The Hall–Kier alpha value is -4.11. The van der Waals surface area contributed by atoms with E-state index in [0.717, 1.165) is 11.1 Å². The lowest BCUT2D eigenvalue weighted by Gasteiger charge is -2.10. The molecule has 0 saturated carbocycles. The highest BCUT2D eigenvalue weighted by Crippen LogP contribution is 2.28. The van der Waals surface area contributed by atoms with E-state index < -0.39 is 5.97 Å². The van der Waals surface area contributed by atoms with Gasteiger partial charge in [-0.25, -0.2) is 15.2 Å². The number of carbonyl (C=O) groups excluding carboxylic acids is 2. The van der Waals surface area contributed by atoms with Crippen molar-refractivity contribution >= 4 is 41.0 Å². The van der Waals surface area contributed by atoms with Crippen molar-refractivity contribution < 1.29 is 23.5 Å². The number of amides is 1. The zero-order chi connectivity index (χ0) is 23.9. The van der Waals surface area contributed by atoms with E-state index >= 15 is 0 Å². The first-order chi connectivity index (χ1) is 16.5. The van der Waals surface area contributed by atoms with Crippen molar-refractivity contribution in [1.29, 1.82) is 0 Å². The number of nitrogens with zero attached hydrogens (tertiary/aromatic N) is 2. The molecule has 0 saturated heterocycles. The number of aryl methyl sites for hydroxylation is 1. The zero-order valence-corrected chi connectivity index (χ0v) is 19.3. The number of aromatic nitrogens is 1. The SMILES string of the molecule is COc1ccc(/C=N\NC(=O)CSc2nc3ccccc3o2)cc1OC(=O)c1ccc(C)cc1. The van der Waals surface area contributed by atoms with Crippen LogP contribution in [0.25, 0.3) is 11.1 Å². The molecule has 172 valence electrons. The number of nitrogens with one attached hydrogen (secondary N) is 1. The van der Waals surface area contributed by atoms with E-state index in [4.69, 9.17) is 13.9 Å². The molecule has 1 amide bonds. The Bertz CT molecular complexity index is 1320. The second-order valence-corrected chi connectivity index (χ2v) is 8.12. The van der Waals surface area contributed by atoms with Gasteiger partial charge in [-0.05, 0) is 55.0 Å². The highest BCUT2D eigenvalue weighted by atomic mass is 32.2. The average molecular weight is 476 g/mol. The van der Waals surface area contributed by atoms with Gasteiger partial charge < -0.3 is 13.9 Å². The second kappa shape index (κ2) is 10.7. The van der Waals surface area contributed by atoms with Gasteiger partial charge in [0.25, 0.3) is 11.1 Å². The van der Waals surface area contributed by atoms with Crippen molar-refractivity contribution in [2.75, 3.05) is 12.9 Å². The van der Waals surface area contributed by atoms with E-state index in [1.54, 1.807) is 30.3 Å². The van der Waals surface area contributed by atoms with Crippen LogP contribution < -0.4 is 14.9 Å². The molecule has 8 nitrogen and oxygen atoms in total. The Morgan fingerprint density at radius 1 is 1.09 bits per heavy atom. The molecule has 4 rings (SSSR count). The van der Waals surface area contributed by atoms with Crippen LogP contribution in [-0.2, 0) is 4.79 Å². The molecule has 0 aliphatic carbocycles. The molecular weight excluding hydrogens is 454 g/mol. The minimum absolute atomic E-state index is 0.0895. The molecule has 3 aromatic carbocycles. The lowest BCUT2D eigenvalue weighted by Crippen LogP contribution is -2.19. The third kappa shape index (κ3) is 5.81. The van der Waals surface area contributed by atoms with Crippen molar-refractivity contribution in [2.24, 2.45) is 5.10 Å². The molecule has 1 N–H and O–H groups in total. The number of rotatable bonds is 8. The topological polar surface area (TPSA) is 103 Å². The van der Waals surface area contributed by atoms with Gasteiger partial charge in [0, 0.05) is 0 Å². The Kier molecular flexibility index (Phi) is 7.24. The van der Waals surface area contributed by atoms with Crippen LogP contribution in [0.15, 0.2) is 81.5 Å². The van der Waals surface area contributed by atoms with Crippen molar-refractivity contribution in [3.05, 3.63) is 83.4 Å². The fourth-order valence-corrected chi connectivity index (χ4v) is 3.58. The highest BCUT2D eigenvalue weighted by Gasteiger charge is 2.13. The number of oxazole rings is 1. The van der Waals surface area contributed by atoms with Crippen LogP contribution in [0.5, 0.6) is 11.5 Å². The number of fused-ring (bicyclic) bond motifs is 1. The van der Waals surface area contributed by atoms with Crippen LogP contribution in [0.4, 0.5) is 0 Å². The number of hydrogen-bond donors (Lipinski definition) is 1. The van der Waals surface area contributed by atoms with Gasteiger partial charge in [0.15, 0.2) is 17.1 Å². The maximum absolute atomic E-state index is 12.5. The smallest absolute Gasteiger partial charge is 0.343 e. The molecule has 0 atom stereocenters. The number of methoxy groups -OCH3 is 1. The molecule has 0 spiro atoms. The first kappa shape index (κ1) is 23.1. The van der Waals surface area contributed by atoms with Gasteiger partial charge >= 0.3 is 5.97 Å². The molecule has 0 aliphatic heterocycles. The molecule has 0 aliphatic rings. The van der Waals surface area contributed by atoms with E-state index in [1.807, 2.05) is 43.3 Å². The average Bonchev–Trinajstić information content (AvgIpc) is 3.26. The van der Waals surface area contributed by atoms with Crippen molar-refractivity contribution in [3.63, 3.8) is 0 Å². The van der Waals surface area contributed by atoms with Crippen LogP contribution >= 0.6 is 11.8 Å². The Morgan fingerprint density at radius 3 is 2.65 bits per heavy atom. The zero-order valence-electron chi connectivity index (χ0n) is 18.5. The highest BCUT2D eigenvalue weighted by molar-refractivity contribution is 7.99. The number of carbonyl (C=O) groups is 2. The number of thioether (sulfide) groups is 1.